The number of nitro groups is 1. The molecule has 33 heavy (non-hydrogen) atoms. The predicted octanol–water partition coefficient (Wildman–Crippen LogP) is 4.65. The molecule has 1 heterocycles. The first-order chi connectivity index (χ1) is 15.9. The van der Waals surface area contributed by atoms with Crippen LogP contribution < -0.4 is 10.6 Å². The fourth-order valence-electron chi connectivity index (χ4n) is 3.34. The molecule has 1 aromatic heterocycles. The smallest absolute Gasteiger partial charge is 0.293 e. The van der Waals surface area contributed by atoms with E-state index in [9.17, 15) is 14.9 Å². The molecule has 0 radical (unpaired) electrons. The van der Waals surface area contributed by atoms with Gasteiger partial charge >= 0.3 is 0 Å². The van der Waals surface area contributed by atoms with Gasteiger partial charge in [0.2, 0.25) is 0 Å². The summed E-state index contributed by atoms with van der Waals surface area (Å²) in [6.07, 6.45) is 3.31. The lowest BCUT2D eigenvalue weighted by Gasteiger charge is -2.17. The second-order valence-corrected chi connectivity index (χ2v) is 7.81. The standard InChI is InChI=1S/C23H27ClN6O3/c1-3-28(4-2)11-12-29-16-19(15-26-29)27-23(31)17-9-10-21(22(13-17)30(32)33)25-14-18-7-5-6-8-20(18)24/h5-10,13,15-16,25H,3-4,11-12,14H2,1-2H3,(H,27,31). The van der Waals surface area contributed by atoms with Gasteiger partial charge in [-0.25, -0.2) is 0 Å². The third-order valence-corrected chi connectivity index (χ3v) is 5.68. The highest BCUT2D eigenvalue weighted by Crippen LogP contribution is 2.27. The first-order valence-electron chi connectivity index (χ1n) is 10.7. The summed E-state index contributed by atoms with van der Waals surface area (Å²) in [5.41, 5.74) is 1.64. The van der Waals surface area contributed by atoms with Gasteiger partial charge < -0.3 is 15.5 Å². The molecule has 3 rings (SSSR count). The fraction of sp³-hybridized carbons (Fsp3) is 0.304. The van der Waals surface area contributed by atoms with Crippen LogP contribution in [0.3, 0.4) is 0 Å². The number of carbonyl (C=O) groups excluding carboxylic acids is 1. The van der Waals surface area contributed by atoms with E-state index in [0.717, 1.165) is 25.2 Å². The fourth-order valence-corrected chi connectivity index (χ4v) is 3.55. The highest BCUT2D eigenvalue weighted by molar-refractivity contribution is 6.31. The maximum atomic E-state index is 12.7. The van der Waals surface area contributed by atoms with Crippen molar-refractivity contribution in [3.8, 4) is 0 Å². The second-order valence-electron chi connectivity index (χ2n) is 7.41. The van der Waals surface area contributed by atoms with Crippen LogP contribution in [-0.4, -0.2) is 45.1 Å². The van der Waals surface area contributed by atoms with E-state index in [1.807, 2.05) is 18.2 Å². The minimum Gasteiger partial charge on any atom is -0.375 e. The molecule has 9 nitrogen and oxygen atoms in total. The molecular formula is C23H27ClN6O3. The summed E-state index contributed by atoms with van der Waals surface area (Å²) in [7, 11) is 0. The summed E-state index contributed by atoms with van der Waals surface area (Å²) in [6.45, 7) is 8.02. The summed E-state index contributed by atoms with van der Waals surface area (Å²) in [6, 6.07) is 11.6. The van der Waals surface area contributed by atoms with Gasteiger partial charge in [0.25, 0.3) is 11.6 Å². The van der Waals surface area contributed by atoms with Crippen LogP contribution in [0.1, 0.15) is 29.8 Å². The topological polar surface area (TPSA) is 105 Å². The summed E-state index contributed by atoms with van der Waals surface area (Å²) in [5, 5.41) is 22.2. The Morgan fingerprint density at radius 1 is 1.21 bits per heavy atom. The second kappa shape index (κ2) is 11.4. The average molecular weight is 471 g/mol. The molecule has 0 aliphatic heterocycles. The maximum absolute atomic E-state index is 12.7. The van der Waals surface area contributed by atoms with E-state index in [4.69, 9.17) is 11.6 Å². The van der Waals surface area contributed by atoms with E-state index in [-0.39, 0.29) is 11.3 Å². The van der Waals surface area contributed by atoms with Crippen LogP contribution in [0.25, 0.3) is 0 Å². The van der Waals surface area contributed by atoms with E-state index in [1.54, 1.807) is 29.2 Å². The van der Waals surface area contributed by atoms with Crippen molar-refractivity contribution in [2.24, 2.45) is 0 Å². The Morgan fingerprint density at radius 3 is 2.67 bits per heavy atom. The third-order valence-electron chi connectivity index (χ3n) is 5.31. The third kappa shape index (κ3) is 6.53. The van der Waals surface area contributed by atoms with Crippen LogP contribution in [-0.2, 0) is 13.1 Å². The Bertz CT molecular complexity index is 1110. The molecule has 3 aromatic rings. The van der Waals surface area contributed by atoms with Crippen LogP contribution in [0.15, 0.2) is 54.9 Å². The van der Waals surface area contributed by atoms with Crippen LogP contribution in [0, 0.1) is 10.1 Å². The quantitative estimate of drug-likeness (QED) is 0.312. The van der Waals surface area contributed by atoms with Crippen molar-refractivity contribution in [1.29, 1.82) is 0 Å². The molecule has 0 spiro atoms. The van der Waals surface area contributed by atoms with Crippen molar-refractivity contribution in [2.45, 2.75) is 26.9 Å². The van der Waals surface area contributed by atoms with Gasteiger partial charge in [-0.15, -0.1) is 0 Å². The summed E-state index contributed by atoms with van der Waals surface area (Å²) >= 11 is 6.15. The lowest BCUT2D eigenvalue weighted by atomic mass is 10.1. The molecule has 0 aliphatic rings. The van der Waals surface area contributed by atoms with E-state index >= 15 is 0 Å². The Labute approximate surface area is 197 Å². The monoisotopic (exact) mass is 470 g/mol. The zero-order valence-electron chi connectivity index (χ0n) is 18.6. The number of carbonyl (C=O) groups is 1. The summed E-state index contributed by atoms with van der Waals surface area (Å²) in [4.78, 5) is 26.0. The summed E-state index contributed by atoms with van der Waals surface area (Å²) < 4.78 is 1.76. The lowest BCUT2D eigenvalue weighted by molar-refractivity contribution is -0.384. The number of nitrogens with one attached hydrogen (secondary N) is 2. The molecule has 0 aliphatic carbocycles. The molecule has 0 bridgehead atoms. The summed E-state index contributed by atoms with van der Waals surface area (Å²) in [5.74, 6) is -0.445. The molecule has 0 unspecified atom stereocenters. The number of amides is 1. The molecule has 174 valence electrons. The minimum atomic E-state index is -0.517. The van der Waals surface area contributed by atoms with Crippen molar-refractivity contribution in [3.63, 3.8) is 0 Å². The molecule has 2 aromatic carbocycles. The van der Waals surface area contributed by atoms with Crippen molar-refractivity contribution in [2.75, 3.05) is 30.3 Å². The Balaban J connectivity index is 1.67. The average Bonchev–Trinajstić information content (AvgIpc) is 3.26. The van der Waals surface area contributed by atoms with Crippen LogP contribution in [0.2, 0.25) is 5.02 Å². The van der Waals surface area contributed by atoms with Crippen molar-refractivity contribution < 1.29 is 9.72 Å². The molecule has 0 saturated heterocycles. The number of likely N-dealkylation sites (N-methyl/N-ethyl adjacent to an activating group) is 1. The van der Waals surface area contributed by atoms with Crippen molar-refractivity contribution >= 4 is 34.6 Å². The highest BCUT2D eigenvalue weighted by Gasteiger charge is 2.18. The van der Waals surface area contributed by atoms with Crippen LogP contribution in [0.5, 0.6) is 0 Å². The SMILES string of the molecule is CCN(CC)CCn1cc(NC(=O)c2ccc(NCc3ccccc3Cl)c([N+](=O)[O-])c2)cn1. The number of aromatic nitrogens is 2. The first-order valence-corrected chi connectivity index (χ1v) is 11.1. The van der Waals surface area contributed by atoms with Gasteiger partial charge in [-0.05, 0) is 36.9 Å². The van der Waals surface area contributed by atoms with Gasteiger partial charge in [0.05, 0.1) is 23.4 Å². The molecule has 0 saturated carbocycles. The number of nitro benzene ring substituents is 1. The van der Waals surface area contributed by atoms with Gasteiger partial charge in [0.1, 0.15) is 5.69 Å². The number of hydrogen-bond acceptors (Lipinski definition) is 6. The van der Waals surface area contributed by atoms with E-state index in [2.05, 4.69) is 34.5 Å². The number of benzene rings is 2. The zero-order chi connectivity index (χ0) is 23.8. The number of hydrogen-bond donors (Lipinski definition) is 2. The molecule has 0 fully saturated rings. The van der Waals surface area contributed by atoms with Gasteiger partial charge in [0.15, 0.2) is 0 Å². The molecule has 0 atom stereocenters. The van der Waals surface area contributed by atoms with Gasteiger partial charge in [-0.2, -0.15) is 5.10 Å². The Morgan fingerprint density at radius 2 is 1.97 bits per heavy atom. The number of halogens is 1. The maximum Gasteiger partial charge on any atom is 0.293 e. The highest BCUT2D eigenvalue weighted by atomic mass is 35.5. The van der Waals surface area contributed by atoms with E-state index < -0.39 is 10.8 Å². The normalized spacial score (nSPS) is 10.9. The van der Waals surface area contributed by atoms with Gasteiger partial charge in [-0.3, -0.25) is 19.6 Å². The molecular weight excluding hydrogens is 444 g/mol. The molecule has 1 amide bonds. The number of anilines is 2. The van der Waals surface area contributed by atoms with Crippen molar-refractivity contribution in [1.82, 2.24) is 14.7 Å². The Hall–Kier alpha value is -3.43. The van der Waals surface area contributed by atoms with Gasteiger partial charge in [0, 0.05) is 35.9 Å². The molecule has 10 heteroatoms. The van der Waals surface area contributed by atoms with Crippen LogP contribution >= 0.6 is 11.6 Å². The molecule has 2 N–H and O–H groups in total. The van der Waals surface area contributed by atoms with Gasteiger partial charge in [-0.1, -0.05) is 43.6 Å². The van der Waals surface area contributed by atoms with Crippen molar-refractivity contribution in [3.05, 3.63) is 81.1 Å². The number of nitrogens with zero attached hydrogens (tertiary/aromatic N) is 4. The lowest BCUT2D eigenvalue weighted by Crippen LogP contribution is -2.27. The Kier molecular flexibility index (Phi) is 8.39. The van der Waals surface area contributed by atoms with E-state index in [0.29, 0.717) is 29.5 Å². The van der Waals surface area contributed by atoms with E-state index in [1.165, 1.54) is 12.1 Å². The predicted molar refractivity (Wildman–Crippen MR) is 130 cm³/mol. The zero-order valence-corrected chi connectivity index (χ0v) is 19.4. The van der Waals surface area contributed by atoms with Crippen LogP contribution in [0.4, 0.5) is 17.1 Å². The minimum absolute atomic E-state index is 0.181. The number of rotatable bonds is 11. The first kappa shape index (κ1) is 24.2. The largest absolute Gasteiger partial charge is 0.375 e.